The van der Waals surface area contributed by atoms with Crippen molar-refractivity contribution < 1.29 is 0 Å². The summed E-state index contributed by atoms with van der Waals surface area (Å²) in [5.74, 6) is 1.65. The predicted molar refractivity (Wildman–Crippen MR) is 55.4 cm³/mol. The van der Waals surface area contributed by atoms with Crippen LogP contribution in [0.1, 0.15) is 25.7 Å². The van der Waals surface area contributed by atoms with Crippen LogP contribution in [0.5, 0.6) is 0 Å². The van der Waals surface area contributed by atoms with Crippen molar-refractivity contribution >= 4 is 17.4 Å². The molecule has 0 radical (unpaired) electrons. The molecule has 0 aromatic carbocycles. The predicted octanol–water partition coefficient (Wildman–Crippen LogP) is 2.48. The van der Waals surface area contributed by atoms with Crippen LogP contribution < -0.4 is 5.32 Å². The molecule has 0 saturated heterocycles. The topological polar surface area (TPSA) is 37.8 Å². The molecule has 4 heteroatoms. The van der Waals surface area contributed by atoms with Crippen LogP contribution in [-0.2, 0) is 0 Å². The first-order chi connectivity index (χ1) is 6.80. The van der Waals surface area contributed by atoms with Crippen molar-refractivity contribution in [1.82, 2.24) is 9.97 Å². The Bertz CT molecular complexity index is 368. The normalized spacial score (nSPS) is 33.9. The molecule has 2 fully saturated rings. The van der Waals surface area contributed by atoms with Gasteiger partial charge in [0.15, 0.2) is 0 Å². The number of halogens is 1. The van der Waals surface area contributed by atoms with E-state index in [0.29, 0.717) is 10.6 Å². The van der Waals surface area contributed by atoms with Crippen LogP contribution in [-0.4, -0.2) is 15.5 Å². The highest BCUT2D eigenvalue weighted by Crippen LogP contribution is 2.57. The van der Waals surface area contributed by atoms with Crippen molar-refractivity contribution in [3.63, 3.8) is 0 Å². The van der Waals surface area contributed by atoms with Gasteiger partial charge in [-0.1, -0.05) is 18.0 Å². The van der Waals surface area contributed by atoms with Gasteiger partial charge in [-0.3, -0.25) is 0 Å². The average molecular weight is 210 g/mol. The molecular weight excluding hydrogens is 198 g/mol. The minimum Gasteiger partial charge on any atom is -0.363 e. The Balaban J connectivity index is 1.82. The summed E-state index contributed by atoms with van der Waals surface area (Å²) in [4.78, 5) is 8.03. The van der Waals surface area contributed by atoms with Gasteiger partial charge < -0.3 is 5.32 Å². The van der Waals surface area contributed by atoms with Crippen LogP contribution in [0.3, 0.4) is 0 Å². The zero-order chi connectivity index (χ0) is 9.60. The fraction of sp³-hybridized carbons (Fsp3) is 0.600. The minimum atomic E-state index is 0.331. The van der Waals surface area contributed by atoms with Crippen LogP contribution >= 0.6 is 11.6 Å². The second-order valence-electron chi connectivity index (χ2n) is 4.29. The Morgan fingerprint density at radius 1 is 1.57 bits per heavy atom. The molecule has 0 amide bonds. The van der Waals surface area contributed by atoms with Crippen molar-refractivity contribution in [2.75, 3.05) is 5.32 Å². The quantitative estimate of drug-likeness (QED) is 0.813. The molecule has 3 nitrogen and oxygen atoms in total. The van der Waals surface area contributed by atoms with Crippen LogP contribution in [0.4, 0.5) is 5.82 Å². The summed E-state index contributed by atoms with van der Waals surface area (Å²) in [5, 5.41) is 4.10. The highest BCUT2D eigenvalue weighted by Gasteiger charge is 2.57. The van der Waals surface area contributed by atoms with Crippen molar-refractivity contribution in [2.45, 2.75) is 31.2 Å². The van der Waals surface area contributed by atoms with E-state index < -0.39 is 0 Å². The second-order valence-corrected chi connectivity index (χ2v) is 4.70. The van der Waals surface area contributed by atoms with Gasteiger partial charge in [0.05, 0.1) is 6.20 Å². The van der Waals surface area contributed by atoms with Crippen LogP contribution in [0.15, 0.2) is 12.5 Å². The second kappa shape index (κ2) is 2.83. The maximum absolute atomic E-state index is 6.00. The van der Waals surface area contributed by atoms with Crippen molar-refractivity contribution in [2.24, 2.45) is 5.92 Å². The van der Waals surface area contributed by atoms with E-state index in [4.69, 9.17) is 11.6 Å². The lowest BCUT2D eigenvalue weighted by atomic mass is 10.2. The molecule has 2 aliphatic rings. The lowest BCUT2D eigenvalue weighted by molar-refractivity contribution is 0.686. The van der Waals surface area contributed by atoms with Crippen LogP contribution in [0.25, 0.3) is 0 Å². The van der Waals surface area contributed by atoms with Gasteiger partial charge in [0.1, 0.15) is 17.2 Å². The van der Waals surface area contributed by atoms with E-state index in [2.05, 4.69) is 15.3 Å². The zero-order valence-corrected chi connectivity index (χ0v) is 8.59. The molecule has 1 heterocycles. The molecule has 1 aromatic rings. The molecule has 1 N–H and O–H groups in total. The summed E-state index contributed by atoms with van der Waals surface area (Å²) in [7, 11) is 0. The zero-order valence-electron chi connectivity index (χ0n) is 7.83. The molecule has 2 saturated carbocycles. The Hall–Kier alpha value is -0.830. The van der Waals surface area contributed by atoms with E-state index in [1.54, 1.807) is 6.20 Å². The monoisotopic (exact) mass is 209 g/mol. The van der Waals surface area contributed by atoms with Gasteiger partial charge in [0.25, 0.3) is 0 Å². The summed E-state index contributed by atoms with van der Waals surface area (Å²) in [5.41, 5.74) is 0.331. The molecule has 74 valence electrons. The first kappa shape index (κ1) is 8.48. The number of nitrogens with one attached hydrogen (secondary N) is 1. The Labute approximate surface area is 87.9 Å². The lowest BCUT2D eigenvalue weighted by Crippen LogP contribution is -2.21. The lowest BCUT2D eigenvalue weighted by Gasteiger charge is -2.15. The van der Waals surface area contributed by atoms with Gasteiger partial charge in [-0.25, -0.2) is 9.97 Å². The van der Waals surface area contributed by atoms with Crippen LogP contribution in [0.2, 0.25) is 5.02 Å². The summed E-state index contributed by atoms with van der Waals surface area (Å²) in [6.07, 6.45) is 8.42. The molecule has 0 spiro atoms. The van der Waals surface area contributed by atoms with Gasteiger partial charge in [-0.2, -0.15) is 0 Å². The fourth-order valence-electron chi connectivity index (χ4n) is 2.59. The number of hydrogen-bond acceptors (Lipinski definition) is 3. The molecule has 0 unspecified atom stereocenters. The van der Waals surface area contributed by atoms with E-state index in [1.807, 2.05) is 0 Å². The molecule has 3 rings (SSSR count). The minimum absolute atomic E-state index is 0.331. The number of fused-ring (bicyclic) bond motifs is 1. The molecule has 0 aliphatic heterocycles. The summed E-state index contributed by atoms with van der Waals surface area (Å²) >= 11 is 6.00. The SMILES string of the molecule is Clc1cncnc1N[C@@]12CCC[C@@H]1C2. The number of hydrogen-bond donors (Lipinski definition) is 1. The maximum Gasteiger partial charge on any atom is 0.148 e. The standard InChI is InChI=1S/C10H12ClN3/c11-8-5-12-6-13-9(8)14-10-3-1-2-7(10)4-10/h5-7H,1-4H2,(H,12,13,14)/t7-,10-/m1/s1. The Kier molecular flexibility index (Phi) is 1.71. The van der Waals surface area contributed by atoms with E-state index in [1.165, 1.54) is 32.0 Å². The van der Waals surface area contributed by atoms with Gasteiger partial charge in [-0.05, 0) is 25.2 Å². The third kappa shape index (κ3) is 1.19. The molecule has 1 aromatic heterocycles. The summed E-state index contributed by atoms with van der Waals surface area (Å²) in [6.45, 7) is 0. The van der Waals surface area contributed by atoms with Crippen LogP contribution in [0, 0.1) is 5.92 Å². The van der Waals surface area contributed by atoms with E-state index in [9.17, 15) is 0 Å². The van der Waals surface area contributed by atoms with Gasteiger partial charge in [0.2, 0.25) is 0 Å². The van der Waals surface area contributed by atoms with Gasteiger partial charge >= 0.3 is 0 Å². The number of nitrogens with zero attached hydrogens (tertiary/aromatic N) is 2. The van der Waals surface area contributed by atoms with Gasteiger partial charge in [-0.15, -0.1) is 0 Å². The highest BCUT2D eigenvalue weighted by molar-refractivity contribution is 6.32. The summed E-state index contributed by atoms with van der Waals surface area (Å²) in [6, 6.07) is 0. The van der Waals surface area contributed by atoms with E-state index in [0.717, 1.165) is 11.7 Å². The van der Waals surface area contributed by atoms with Crippen molar-refractivity contribution in [1.29, 1.82) is 0 Å². The largest absolute Gasteiger partial charge is 0.363 e. The maximum atomic E-state index is 6.00. The van der Waals surface area contributed by atoms with Crippen molar-refractivity contribution in [3.8, 4) is 0 Å². The first-order valence-electron chi connectivity index (χ1n) is 5.04. The van der Waals surface area contributed by atoms with Crippen molar-refractivity contribution in [3.05, 3.63) is 17.5 Å². The molecule has 2 atom stereocenters. The van der Waals surface area contributed by atoms with Gasteiger partial charge in [0, 0.05) is 5.54 Å². The molecule has 2 aliphatic carbocycles. The summed E-state index contributed by atoms with van der Waals surface area (Å²) < 4.78 is 0. The number of rotatable bonds is 2. The molecule has 14 heavy (non-hydrogen) atoms. The molecular formula is C10H12ClN3. The Morgan fingerprint density at radius 3 is 3.14 bits per heavy atom. The Morgan fingerprint density at radius 2 is 2.50 bits per heavy atom. The number of aromatic nitrogens is 2. The number of anilines is 1. The third-order valence-electron chi connectivity index (χ3n) is 3.44. The highest BCUT2D eigenvalue weighted by atomic mass is 35.5. The molecule has 0 bridgehead atoms. The average Bonchev–Trinajstić information content (AvgIpc) is 2.72. The van der Waals surface area contributed by atoms with E-state index in [-0.39, 0.29) is 0 Å². The fourth-order valence-corrected chi connectivity index (χ4v) is 2.74. The third-order valence-corrected chi connectivity index (χ3v) is 3.72. The smallest absolute Gasteiger partial charge is 0.148 e. The van der Waals surface area contributed by atoms with E-state index >= 15 is 0 Å². The first-order valence-corrected chi connectivity index (χ1v) is 5.42.